The second-order valence-electron chi connectivity index (χ2n) is 3.77. The number of hydrogen-bond donors (Lipinski definition) is 1. The molecule has 0 bridgehead atoms. The number of nitrogens with one attached hydrogen (secondary N) is 1. The van der Waals surface area contributed by atoms with Gasteiger partial charge in [-0.3, -0.25) is 0 Å². The Hall–Kier alpha value is -0.860. The van der Waals surface area contributed by atoms with E-state index in [4.69, 9.17) is 4.74 Å². The Labute approximate surface area is 92.6 Å². The first-order chi connectivity index (χ1) is 7.29. The molecule has 0 saturated carbocycles. The number of aryl methyl sites for hydroxylation is 1. The lowest BCUT2D eigenvalue weighted by atomic mass is 9.95. The molecule has 1 atom stereocenters. The third kappa shape index (κ3) is 3.65. The van der Waals surface area contributed by atoms with Crippen LogP contribution in [0.25, 0.3) is 0 Å². The maximum atomic E-state index is 5.52. The smallest absolute Gasteiger partial charge is 0.0546 e. The van der Waals surface area contributed by atoms with Gasteiger partial charge in [-0.2, -0.15) is 0 Å². The average Bonchev–Trinajstić information content (AvgIpc) is 2.25. The Bertz CT molecular complexity index is 286. The summed E-state index contributed by atoms with van der Waals surface area (Å²) in [7, 11) is 1.98. The molecule has 0 aliphatic rings. The second kappa shape index (κ2) is 6.59. The van der Waals surface area contributed by atoms with Crippen molar-refractivity contribution in [2.45, 2.75) is 19.8 Å². The quantitative estimate of drug-likeness (QED) is 0.773. The van der Waals surface area contributed by atoms with E-state index in [1.807, 2.05) is 14.0 Å². The van der Waals surface area contributed by atoms with Gasteiger partial charge >= 0.3 is 0 Å². The summed E-state index contributed by atoms with van der Waals surface area (Å²) >= 11 is 0. The highest BCUT2D eigenvalue weighted by atomic mass is 16.5. The topological polar surface area (TPSA) is 21.3 Å². The molecule has 0 heterocycles. The molecular weight excluding hydrogens is 186 g/mol. The first-order valence-corrected chi connectivity index (χ1v) is 5.57. The third-order valence-electron chi connectivity index (χ3n) is 2.60. The van der Waals surface area contributed by atoms with Crippen LogP contribution in [-0.4, -0.2) is 26.8 Å². The standard InChI is InChI=1S/C13H21NO/c1-4-15-10-12(9-14-3)13-8-6-5-7-11(13)2/h5-8,12,14H,4,9-10H2,1-3H3. The zero-order chi connectivity index (χ0) is 11.1. The molecule has 0 amide bonds. The molecule has 0 saturated heterocycles. The molecule has 0 aliphatic carbocycles. The summed E-state index contributed by atoms with van der Waals surface area (Å²) in [5.74, 6) is 0.455. The first kappa shape index (κ1) is 12.2. The van der Waals surface area contributed by atoms with Crippen LogP contribution in [0, 0.1) is 6.92 Å². The second-order valence-corrected chi connectivity index (χ2v) is 3.77. The van der Waals surface area contributed by atoms with Gasteiger partial charge in [0, 0.05) is 19.1 Å². The molecule has 0 radical (unpaired) electrons. The minimum absolute atomic E-state index is 0.455. The number of ether oxygens (including phenoxy) is 1. The van der Waals surface area contributed by atoms with Gasteiger partial charge in [0.15, 0.2) is 0 Å². The van der Waals surface area contributed by atoms with Crippen LogP contribution in [0.3, 0.4) is 0 Å². The summed E-state index contributed by atoms with van der Waals surface area (Å²) in [5, 5.41) is 3.22. The minimum atomic E-state index is 0.455. The summed E-state index contributed by atoms with van der Waals surface area (Å²) < 4.78 is 5.52. The molecule has 1 aromatic carbocycles. The van der Waals surface area contributed by atoms with E-state index in [0.717, 1.165) is 19.8 Å². The van der Waals surface area contributed by atoms with Crippen molar-refractivity contribution < 1.29 is 4.74 Å². The Morgan fingerprint density at radius 3 is 2.67 bits per heavy atom. The van der Waals surface area contributed by atoms with Crippen molar-refractivity contribution in [1.82, 2.24) is 5.32 Å². The van der Waals surface area contributed by atoms with Gasteiger partial charge < -0.3 is 10.1 Å². The van der Waals surface area contributed by atoms with Crippen LogP contribution in [-0.2, 0) is 4.74 Å². The normalized spacial score (nSPS) is 12.7. The van der Waals surface area contributed by atoms with Crippen molar-refractivity contribution in [3.8, 4) is 0 Å². The monoisotopic (exact) mass is 207 g/mol. The van der Waals surface area contributed by atoms with Gasteiger partial charge in [-0.1, -0.05) is 24.3 Å². The van der Waals surface area contributed by atoms with E-state index < -0.39 is 0 Å². The van der Waals surface area contributed by atoms with E-state index in [2.05, 4.69) is 36.5 Å². The maximum Gasteiger partial charge on any atom is 0.0546 e. The SMILES string of the molecule is CCOCC(CNC)c1ccccc1C. The number of hydrogen-bond acceptors (Lipinski definition) is 2. The lowest BCUT2D eigenvalue weighted by molar-refractivity contribution is 0.132. The van der Waals surface area contributed by atoms with Gasteiger partial charge in [0.05, 0.1) is 6.61 Å². The van der Waals surface area contributed by atoms with Crippen LogP contribution in [0.1, 0.15) is 24.0 Å². The predicted molar refractivity (Wildman–Crippen MR) is 64.3 cm³/mol. The van der Waals surface area contributed by atoms with Crippen LogP contribution in [0.5, 0.6) is 0 Å². The van der Waals surface area contributed by atoms with Gasteiger partial charge in [-0.15, -0.1) is 0 Å². The fourth-order valence-corrected chi connectivity index (χ4v) is 1.81. The molecule has 2 nitrogen and oxygen atoms in total. The highest BCUT2D eigenvalue weighted by Crippen LogP contribution is 2.19. The molecule has 84 valence electrons. The van der Waals surface area contributed by atoms with Crippen LogP contribution in [0.4, 0.5) is 0 Å². The lowest BCUT2D eigenvalue weighted by Gasteiger charge is -2.18. The number of benzene rings is 1. The molecule has 2 heteroatoms. The maximum absolute atomic E-state index is 5.52. The van der Waals surface area contributed by atoms with E-state index in [1.54, 1.807) is 0 Å². The molecule has 0 spiro atoms. The summed E-state index contributed by atoms with van der Waals surface area (Å²) in [6.07, 6.45) is 0. The summed E-state index contributed by atoms with van der Waals surface area (Å²) in [6.45, 7) is 6.73. The Kier molecular flexibility index (Phi) is 5.37. The van der Waals surface area contributed by atoms with Gasteiger partial charge in [-0.25, -0.2) is 0 Å². The Morgan fingerprint density at radius 2 is 2.07 bits per heavy atom. The lowest BCUT2D eigenvalue weighted by Crippen LogP contribution is -2.22. The van der Waals surface area contributed by atoms with Gasteiger partial charge in [0.2, 0.25) is 0 Å². The van der Waals surface area contributed by atoms with Crippen molar-refractivity contribution >= 4 is 0 Å². The summed E-state index contributed by atoms with van der Waals surface area (Å²) in [4.78, 5) is 0. The molecule has 1 N–H and O–H groups in total. The molecule has 0 fully saturated rings. The van der Waals surface area contributed by atoms with Crippen LogP contribution in [0.15, 0.2) is 24.3 Å². The average molecular weight is 207 g/mol. The van der Waals surface area contributed by atoms with Crippen LogP contribution >= 0.6 is 0 Å². The fourth-order valence-electron chi connectivity index (χ4n) is 1.81. The van der Waals surface area contributed by atoms with Gasteiger partial charge in [-0.05, 0) is 32.0 Å². The third-order valence-corrected chi connectivity index (χ3v) is 2.60. The van der Waals surface area contributed by atoms with E-state index in [0.29, 0.717) is 5.92 Å². The highest BCUT2D eigenvalue weighted by Gasteiger charge is 2.12. The van der Waals surface area contributed by atoms with E-state index in [9.17, 15) is 0 Å². The van der Waals surface area contributed by atoms with Crippen LogP contribution < -0.4 is 5.32 Å². The van der Waals surface area contributed by atoms with E-state index >= 15 is 0 Å². The van der Waals surface area contributed by atoms with Crippen molar-refractivity contribution in [1.29, 1.82) is 0 Å². The largest absolute Gasteiger partial charge is 0.381 e. The predicted octanol–water partition coefficient (Wildman–Crippen LogP) is 2.33. The van der Waals surface area contributed by atoms with Gasteiger partial charge in [0.1, 0.15) is 0 Å². The van der Waals surface area contributed by atoms with Crippen molar-refractivity contribution in [3.05, 3.63) is 35.4 Å². The summed E-state index contributed by atoms with van der Waals surface area (Å²) in [5.41, 5.74) is 2.73. The zero-order valence-electron chi connectivity index (χ0n) is 9.92. The summed E-state index contributed by atoms with van der Waals surface area (Å²) in [6, 6.07) is 8.52. The first-order valence-electron chi connectivity index (χ1n) is 5.57. The molecule has 1 unspecified atom stereocenters. The van der Waals surface area contributed by atoms with Crippen molar-refractivity contribution in [2.24, 2.45) is 0 Å². The molecule has 1 aromatic rings. The zero-order valence-corrected chi connectivity index (χ0v) is 9.92. The van der Waals surface area contributed by atoms with Crippen molar-refractivity contribution in [3.63, 3.8) is 0 Å². The van der Waals surface area contributed by atoms with Gasteiger partial charge in [0.25, 0.3) is 0 Å². The number of likely N-dealkylation sites (N-methyl/N-ethyl adjacent to an activating group) is 1. The van der Waals surface area contributed by atoms with Crippen molar-refractivity contribution in [2.75, 3.05) is 26.8 Å². The minimum Gasteiger partial charge on any atom is -0.381 e. The Morgan fingerprint density at radius 1 is 1.33 bits per heavy atom. The fraction of sp³-hybridized carbons (Fsp3) is 0.538. The highest BCUT2D eigenvalue weighted by molar-refractivity contribution is 5.29. The number of rotatable bonds is 6. The Balaban J connectivity index is 2.74. The van der Waals surface area contributed by atoms with E-state index in [-0.39, 0.29) is 0 Å². The molecule has 0 aromatic heterocycles. The van der Waals surface area contributed by atoms with E-state index in [1.165, 1.54) is 11.1 Å². The van der Waals surface area contributed by atoms with Crippen LogP contribution in [0.2, 0.25) is 0 Å². The molecule has 0 aliphatic heterocycles. The molecule has 15 heavy (non-hydrogen) atoms. The molecular formula is C13H21NO. The molecule has 1 rings (SSSR count).